The predicted molar refractivity (Wildman–Crippen MR) is 30.6 cm³/mol. The van der Waals surface area contributed by atoms with Crippen molar-refractivity contribution in [1.29, 1.82) is 0 Å². The summed E-state index contributed by atoms with van der Waals surface area (Å²) in [6.45, 7) is -2.67. The minimum absolute atomic E-state index is 0.633. The van der Waals surface area contributed by atoms with E-state index >= 15 is 0 Å². The second kappa shape index (κ2) is 1.82. The van der Waals surface area contributed by atoms with Crippen LogP contribution in [-0.4, -0.2) is 10.1 Å². The highest BCUT2D eigenvalue weighted by Gasteiger charge is 1.84. The van der Waals surface area contributed by atoms with Crippen LogP contribution in [-0.2, 0) is 0 Å². The molecule has 1 N–H and O–H groups in total. The maximum absolute atomic E-state index is 9.10. The minimum atomic E-state index is -2.67. The van der Waals surface area contributed by atoms with Crippen molar-refractivity contribution >= 4 is 0 Å². The molecule has 0 saturated heterocycles. The number of pyridine rings is 1. The first-order valence-electron chi connectivity index (χ1n) is 4.92. The third-order valence-electron chi connectivity index (χ3n) is 0.573. The van der Waals surface area contributed by atoms with Crippen molar-refractivity contribution in [1.82, 2.24) is 4.98 Å². The van der Waals surface area contributed by atoms with Crippen molar-refractivity contribution < 1.29 is 13.3 Å². The zero-order valence-electron chi connectivity index (χ0n) is 9.89. The third-order valence-corrected chi connectivity index (χ3v) is 0.573. The minimum Gasteiger partial charge on any atom is -0.506 e. The number of hydrogen-bond acceptors (Lipinski definition) is 2. The number of aromatic nitrogens is 1. The zero-order chi connectivity index (χ0) is 11.1. The second-order valence-corrected chi connectivity index (χ2v) is 1.18. The number of hydrogen-bond donors (Lipinski definition) is 1. The van der Waals surface area contributed by atoms with Crippen LogP contribution >= 0.6 is 0 Å². The van der Waals surface area contributed by atoms with E-state index in [0.29, 0.717) is 0 Å². The highest BCUT2D eigenvalue weighted by molar-refractivity contribution is 5.20. The van der Waals surface area contributed by atoms with Crippen molar-refractivity contribution in [2.24, 2.45) is 0 Å². The maximum Gasteiger partial charge on any atom is 0.134 e. The molecule has 0 bridgehead atoms. The van der Waals surface area contributed by atoms with Crippen LogP contribution in [0.15, 0.2) is 18.4 Å². The van der Waals surface area contributed by atoms with E-state index in [1.54, 1.807) is 0 Å². The van der Waals surface area contributed by atoms with E-state index in [2.05, 4.69) is 4.98 Å². The van der Waals surface area contributed by atoms with Gasteiger partial charge in [-0.3, -0.25) is 4.98 Å². The van der Waals surface area contributed by atoms with Crippen LogP contribution in [0.25, 0.3) is 0 Å². The van der Waals surface area contributed by atoms with Crippen LogP contribution in [0.2, 0.25) is 0 Å². The van der Waals surface area contributed by atoms with Gasteiger partial charge in [-0.2, -0.15) is 0 Å². The van der Waals surface area contributed by atoms with E-state index in [9.17, 15) is 0 Å². The van der Waals surface area contributed by atoms with E-state index in [1.165, 1.54) is 0 Å². The van der Waals surface area contributed by atoms with Crippen molar-refractivity contribution in [3.05, 3.63) is 24.0 Å². The van der Waals surface area contributed by atoms with Crippen LogP contribution in [0.1, 0.15) is 13.8 Å². The fourth-order valence-electron chi connectivity index (χ4n) is 0.311. The topological polar surface area (TPSA) is 33.1 Å². The maximum atomic E-state index is 9.10. The van der Waals surface area contributed by atoms with Crippen LogP contribution in [0.5, 0.6) is 5.75 Å². The summed E-state index contributed by atoms with van der Waals surface area (Å²) in [6, 6.07) is -0.727. The van der Waals surface area contributed by atoms with E-state index in [4.69, 9.17) is 13.3 Å². The first-order chi connectivity index (χ1) is 6.25. The fraction of sp³-hybridized carbons (Fsp3) is 0.167. The van der Waals surface area contributed by atoms with Gasteiger partial charge >= 0.3 is 0 Å². The van der Waals surface area contributed by atoms with Gasteiger partial charge in [0.2, 0.25) is 0 Å². The standard InChI is InChI=1S/C6H7NO/c1-5-2-6(8)4-7-3-5/h2-4,8H,1H3/i1D3,2D,3D,4D. The van der Waals surface area contributed by atoms with Gasteiger partial charge in [-0.25, -0.2) is 0 Å². The van der Waals surface area contributed by atoms with Gasteiger partial charge in [-0.05, 0) is 18.5 Å². The molecule has 0 aromatic carbocycles. The molecule has 8 heavy (non-hydrogen) atoms. The first-order valence-corrected chi connectivity index (χ1v) is 1.92. The SMILES string of the molecule is [2H]c1nc([2H])c(C([2H])([2H])[2H])c([2H])c1O. The molecule has 1 rings (SSSR count). The number of aromatic hydroxyl groups is 1. The number of nitrogens with zero attached hydrogens (tertiary/aromatic N) is 1. The molecule has 2 heteroatoms. The average molecular weight is 115 g/mol. The normalized spacial score (nSPS) is 21.5. The van der Waals surface area contributed by atoms with Crippen LogP contribution in [0.4, 0.5) is 0 Å². The van der Waals surface area contributed by atoms with E-state index < -0.39 is 36.6 Å². The van der Waals surface area contributed by atoms with Crippen LogP contribution in [0.3, 0.4) is 0 Å². The van der Waals surface area contributed by atoms with Crippen LogP contribution in [0, 0.1) is 6.85 Å². The average Bonchev–Trinajstić information content (AvgIpc) is 1.97. The Kier molecular flexibility index (Phi) is 0.334. The summed E-state index contributed by atoms with van der Waals surface area (Å²) in [5.74, 6) is -0.813. The van der Waals surface area contributed by atoms with Crippen molar-refractivity contribution in [3.8, 4) is 5.75 Å². The van der Waals surface area contributed by atoms with E-state index in [-0.39, 0.29) is 0 Å². The van der Waals surface area contributed by atoms with E-state index in [0.717, 1.165) is 0 Å². The second-order valence-electron chi connectivity index (χ2n) is 1.18. The third kappa shape index (κ3) is 0.964. The molecular weight excluding hydrogens is 102 g/mol. The fourth-order valence-corrected chi connectivity index (χ4v) is 0.311. The Hall–Kier alpha value is -1.05. The molecule has 0 saturated carbocycles. The molecule has 0 atom stereocenters. The zero-order valence-corrected chi connectivity index (χ0v) is 3.89. The van der Waals surface area contributed by atoms with Gasteiger partial charge in [0.05, 0.1) is 10.3 Å². The Labute approximate surface area is 56.2 Å². The molecule has 42 valence electrons. The molecule has 0 aliphatic heterocycles. The lowest BCUT2D eigenvalue weighted by Crippen LogP contribution is -1.72. The smallest absolute Gasteiger partial charge is 0.134 e. The highest BCUT2D eigenvalue weighted by Crippen LogP contribution is 2.05. The van der Waals surface area contributed by atoms with Gasteiger partial charge < -0.3 is 5.11 Å². The van der Waals surface area contributed by atoms with Crippen LogP contribution < -0.4 is 0 Å². The van der Waals surface area contributed by atoms with Crippen molar-refractivity contribution in [2.45, 2.75) is 6.85 Å². The van der Waals surface area contributed by atoms with Gasteiger partial charge in [0.1, 0.15) is 5.75 Å². The Balaban J connectivity index is 3.53. The largest absolute Gasteiger partial charge is 0.506 e. The highest BCUT2D eigenvalue weighted by atomic mass is 16.3. The molecule has 0 spiro atoms. The lowest BCUT2D eigenvalue weighted by atomic mass is 10.3. The lowest BCUT2D eigenvalue weighted by Gasteiger charge is -1.89. The molecule has 0 aliphatic carbocycles. The summed E-state index contributed by atoms with van der Waals surface area (Å²) < 4.78 is 42.5. The predicted octanol–water partition coefficient (Wildman–Crippen LogP) is 1.10. The molecule has 0 unspecified atom stereocenters. The summed E-state index contributed by atoms with van der Waals surface area (Å²) in [7, 11) is 0. The Bertz CT molecular complexity index is 374. The van der Waals surface area contributed by atoms with Crippen molar-refractivity contribution in [2.75, 3.05) is 0 Å². The lowest BCUT2D eigenvalue weighted by molar-refractivity contribution is 0.472. The molecule has 0 fully saturated rings. The summed E-state index contributed by atoms with van der Waals surface area (Å²) in [5.41, 5.74) is -0.633. The van der Waals surface area contributed by atoms with Gasteiger partial charge in [0, 0.05) is 10.3 Å². The molecule has 1 heterocycles. The van der Waals surface area contributed by atoms with E-state index in [1.807, 2.05) is 0 Å². The Morgan fingerprint density at radius 2 is 2.75 bits per heavy atom. The Morgan fingerprint density at radius 3 is 3.50 bits per heavy atom. The summed E-state index contributed by atoms with van der Waals surface area (Å²) in [5, 5.41) is 9.10. The summed E-state index contributed by atoms with van der Waals surface area (Å²) in [6.07, 6.45) is -1.33. The van der Waals surface area contributed by atoms with Gasteiger partial charge in [0.25, 0.3) is 0 Å². The molecule has 0 amide bonds. The Morgan fingerprint density at radius 1 is 1.88 bits per heavy atom. The summed E-state index contributed by atoms with van der Waals surface area (Å²) >= 11 is 0. The van der Waals surface area contributed by atoms with Crippen molar-refractivity contribution in [3.63, 3.8) is 0 Å². The summed E-state index contributed by atoms with van der Waals surface area (Å²) in [4.78, 5) is 3.20. The van der Waals surface area contributed by atoms with Gasteiger partial charge in [-0.1, -0.05) is 0 Å². The quantitative estimate of drug-likeness (QED) is 0.549. The van der Waals surface area contributed by atoms with Gasteiger partial charge in [0.15, 0.2) is 0 Å². The first kappa shape index (κ1) is 1.47. The monoisotopic (exact) mass is 115 g/mol. The molecule has 2 nitrogen and oxygen atoms in total. The molecular formula is C6H7NO. The van der Waals surface area contributed by atoms with Gasteiger partial charge in [-0.15, -0.1) is 0 Å². The molecule has 1 aromatic rings. The molecule has 0 aliphatic rings. The molecule has 0 radical (unpaired) electrons. The molecule has 1 aromatic heterocycles. The number of rotatable bonds is 0.